The molecule has 0 aromatic carbocycles. The van der Waals surface area contributed by atoms with Crippen molar-refractivity contribution >= 4 is 23.0 Å². The molecule has 0 saturated carbocycles. The molecule has 1 atom stereocenters. The third kappa shape index (κ3) is 2.19. The first kappa shape index (κ1) is 11.3. The lowest BCUT2D eigenvalue weighted by Gasteiger charge is -2.31. The van der Waals surface area contributed by atoms with Gasteiger partial charge in [-0.15, -0.1) is 0 Å². The van der Waals surface area contributed by atoms with Crippen LogP contribution in [0.5, 0.6) is 0 Å². The molecular weight excluding hydrogens is 198 g/mol. The molecule has 0 aliphatic carbocycles. The van der Waals surface area contributed by atoms with E-state index in [1.165, 1.54) is 6.08 Å². The van der Waals surface area contributed by atoms with E-state index in [0.29, 0.717) is 4.99 Å². The number of aliphatic hydroxyl groups excluding tert-OH is 1. The van der Waals surface area contributed by atoms with E-state index >= 15 is 0 Å². The zero-order valence-electron chi connectivity index (χ0n) is 8.49. The SMILES string of the molecule is CCCCN1C(=S)C(O)C(=O)C=C1C. The normalized spacial score (nSPS) is 22.6. The number of hydrogen-bond donors (Lipinski definition) is 1. The minimum absolute atomic E-state index is 0.305. The fourth-order valence-electron chi connectivity index (χ4n) is 1.41. The van der Waals surface area contributed by atoms with Crippen molar-refractivity contribution in [1.82, 2.24) is 4.90 Å². The van der Waals surface area contributed by atoms with Crippen molar-refractivity contribution in [2.24, 2.45) is 0 Å². The van der Waals surface area contributed by atoms with E-state index in [1.807, 2.05) is 11.8 Å². The van der Waals surface area contributed by atoms with Crippen LogP contribution in [0.2, 0.25) is 0 Å². The number of hydrogen-bond acceptors (Lipinski definition) is 3. The molecular formula is C10H15NO2S. The molecule has 1 unspecified atom stereocenters. The van der Waals surface area contributed by atoms with Gasteiger partial charge in [-0.2, -0.15) is 0 Å². The monoisotopic (exact) mass is 213 g/mol. The van der Waals surface area contributed by atoms with Crippen LogP contribution in [0.3, 0.4) is 0 Å². The zero-order chi connectivity index (χ0) is 10.7. The van der Waals surface area contributed by atoms with E-state index in [2.05, 4.69) is 6.92 Å². The fourth-order valence-corrected chi connectivity index (χ4v) is 1.76. The third-order valence-electron chi connectivity index (χ3n) is 2.28. The Balaban J connectivity index is 2.79. The number of thiocarbonyl (C=S) groups is 1. The van der Waals surface area contributed by atoms with Crippen LogP contribution in [-0.2, 0) is 4.79 Å². The molecule has 0 bridgehead atoms. The first-order valence-electron chi connectivity index (χ1n) is 4.79. The molecule has 14 heavy (non-hydrogen) atoms. The molecule has 1 heterocycles. The quantitative estimate of drug-likeness (QED) is 0.717. The van der Waals surface area contributed by atoms with E-state index in [-0.39, 0.29) is 5.78 Å². The molecule has 1 aliphatic heterocycles. The number of allylic oxidation sites excluding steroid dienone is 1. The number of nitrogens with zero attached hydrogens (tertiary/aromatic N) is 1. The van der Waals surface area contributed by atoms with Gasteiger partial charge < -0.3 is 10.0 Å². The lowest BCUT2D eigenvalue weighted by molar-refractivity contribution is -0.120. The predicted octanol–water partition coefficient (Wildman–Crippen LogP) is 1.26. The summed E-state index contributed by atoms with van der Waals surface area (Å²) >= 11 is 5.03. The summed E-state index contributed by atoms with van der Waals surface area (Å²) in [6, 6.07) is 0. The molecule has 0 radical (unpaired) electrons. The van der Waals surface area contributed by atoms with Crippen molar-refractivity contribution in [3.05, 3.63) is 11.8 Å². The van der Waals surface area contributed by atoms with Crippen LogP contribution >= 0.6 is 12.2 Å². The second kappa shape index (κ2) is 4.66. The van der Waals surface area contributed by atoms with Crippen LogP contribution in [0.15, 0.2) is 11.8 Å². The van der Waals surface area contributed by atoms with Crippen molar-refractivity contribution in [3.63, 3.8) is 0 Å². The lowest BCUT2D eigenvalue weighted by atomic mass is 10.1. The standard InChI is InChI=1S/C10H15NO2S/c1-3-4-5-11-7(2)6-8(12)9(13)10(11)14/h6,9,13H,3-5H2,1-2H3. The Bertz CT molecular complexity index is 286. The number of aliphatic hydroxyl groups is 1. The van der Waals surface area contributed by atoms with Crippen LogP contribution in [-0.4, -0.2) is 33.4 Å². The topological polar surface area (TPSA) is 40.5 Å². The lowest BCUT2D eigenvalue weighted by Crippen LogP contribution is -2.44. The molecule has 1 aliphatic rings. The summed E-state index contributed by atoms with van der Waals surface area (Å²) in [5.74, 6) is -0.305. The molecule has 1 N–H and O–H groups in total. The van der Waals surface area contributed by atoms with E-state index in [4.69, 9.17) is 12.2 Å². The van der Waals surface area contributed by atoms with Gasteiger partial charge in [0.1, 0.15) is 4.99 Å². The van der Waals surface area contributed by atoms with Crippen molar-refractivity contribution in [2.75, 3.05) is 6.54 Å². The van der Waals surface area contributed by atoms with Crippen LogP contribution < -0.4 is 0 Å². The van der Waals surface area contributed by atoms with Gasteiger partial charge in [0.05, 0.1) is 0 Å². The van der Waals surface area contributed by atoms with Crippen LogP contribution in [0.1, 0.15) is 26.7 Å². The maximum Gasteiger partial charge on any atom is 0.192 e. The van der Waals surface area contributed by atoms with Crippen LogP contribution in [0, 0.1) is 0 Å². The summed E-state index contributed by atoms with van der Waals surface area (Å²) in [6.07, 6.45) is 2.41. The molecule has 78 valence electrons. The Morgan fingerprint density at radius 1 is 1.64 bits per heavy atom. The average molecular weight is 213 g/mol. The highest BCUT2D eigenvalue weighted by atomic mass is 32.1. The number of ketones is 1. The first-order valence-corrected chi connectivity index (χ1v) is 5.20. The third-order valence-corrected chi connectivity index (χ3v) is 2.73. The summed E-state index contributed by atoms with van der Waals surface area (Å²) in [6.45, 7) is 4.71. The van der Waals surface area contributed by atoms with E-state index in [0.717, 1.165) is 25.1 Å². The van der Waals surface area contributed by atoms with Gasteiger partial charge in [-0.1, -0.05) is 25.6 Å². The van der Waals surface area contributed by atoms with Gasteiger partial charge in [-0.3, -0.25) is 4.79 Å². The molecule has 0 fully saturated rings. The van der Waals surface area contributed by atoms with Gasteiger partial charge in [0.15, 0.2) is 11.9 Å². The molecule has 0 aromatic heterocycles. The Hall–Kier alpha value is -0.740. The molecule has 1 rings (SSSR count). The van der Waals surface area contributed by atoms with E-state index in [1.54, 1.807) is 0 Å². The Labute approximate surface area is 89.4 Å². The van der Waals surface area contributed by atoms with Crippen LogP contribution in [0.4, 0.5) is 0 Å². The van der Waals surface area contributed by atoms with Crippen molar-refractivity contribution in [2.45, 2.75) is 32.8 Å². The fraction of sp³-hybridized carbons (Fsp3) is 0.600. The summed E-state index contributed by atoms with van der Waals surface area (Å²) < 4.78 is 0. The molecule has 3 nitrogen and oxygen atoms in total. The van der Waals surface area contributed by atoms with Crippen LogP contribution in [0.25, 0.3) is 0 Å². The molecule has 0 spiro atoms. The van der Waals surface area contributed by atoms with Crippen molar-refractivity contribution < 1.29 is 9.90 Å². The van der Waals surface area contributed by atoms with Gasteiger partial charge in [0.25, 0.3) is 0 Å². The second-order valence-corrected chi connectivity index (χ2v) is 3.85. The Kier molecular flexibility index (Phi) is 3.77. The van der Waals surface area contributed by atoms with Gasteiger partial charge in [0, 0.05) is 18.3 Å². The summed E-state index contributed by atoms with van der Waals surface area (Å²) in [5, 5.41) is 9.46. The smallest absolute Gasteiger partial charge is 0.192 e. The van der Waals surface area contributed by atoms with Gasteiger partial charge >= 0.3 is 0 Å². The largest absolute Gasteiger partial charge is 0.378 e. The number of unbranched alkanes of at least 4 members (excludes halogenated alkanes) is 1. The van der Waals surface area contributed by atoms with Crippen molar-refractivity contribution in [1.29, 1.82) is 0 Å². The molecule has 0 saturated heterocycles. The molecule has 0 amide bonds. The highest BCUT2D eigenvalue weighted by Crippen LogP contribution is 2.16. The first-order chi connectivity index (χ1) is 6.57. The average Bonchev–Trinajstić information content (AvgIpc) is 2.14. The highest BCUT2D eigenvalue weighted by Gasteiger charge is 2.28. The summed E-state index contributed by atoms with van der Waals surface area (Å²) in [5.41, 5.74) is 0.832. The van der Waals surface area contributed by atoms with Gasteiger partial charge in [0.2, 0.25) is 0 Å². The number of rotatable bonds is 3. The second-order valence-electron chi connectivity index (χ2n) is 3.43. The van der Waals surface area contributed by atoms with Crippen molar-refractivity contribution in [3.8, 4) is 0 Å². The zero-order valence-corrected chi connectivity index (χ0v) is 9.30. The maximum atomic E-state index is 11.2. The highest BCUT2D eigenvalue weighted by molar-refractivity contribution is 7.80. The molecule has 0 aromatic rings. The minimum Gasteiger partial charge on any atom is -0.378 e. The minimum atomic E-state index is -1.12. The number of carbonyl (C=O) groups excluding carboxylic acids is 1. The Morgan fingerprint density at radius 3 is 2.86 bits per heavy atom. The van der Waals surface area contributed by atoms with E-state index in [9.17, 15) is 9.90 Å². The molecule has 4 heteroatoms. The number of carbonyl (C=O) groups is 1. The maximum absolute atomic E-state index is 11.2. The van der Waals surface area contributed by atoms with Gasteiger partial charge in [-0.25, -0.2) is 0 Å². The van der Waals surface area contributed by atoms with Gasteiger partial charge in [-0.05, 0) is 13.3 Å². The van der Waals surface area contributed by atoms with E-state index < -0.39 is 6.10 Å². The summed E-state index contributed by atoms with van der Waals surface area (Å²) in [7, 11) is 0. The predicted molar refractivity (Wildman–Crippen MR) is 59.0 cm³/mol. The Morgan fingerprint density at radius 2 is 2.29 bits per heavy atom. The summed E-state index contributed by atoms with van der Waals surface area (Å²) in [4.78, 5) is 13.4.